The molecule has 0 unspecified atom stereocenters. The van der Waals surface area contributed by atoms with Crippen molar-refractivity contribution in [3.8, 4) is 0 Å². The summed E-state index contributed by atoms with van der Waals surface area (Å²) >= 11 is 0. The van der Waals surface area contributed by atoms with E-state index in [1.807, 2.05) is 6.92 Å². The van der Waals surface area contributed by atoms with Gasteiger partial charge >= 0.3 is 0 Å². The van der Waals surface area contributed by atoms with Crippen LogP contribution < -0.4 is 5.73 Å². The average molecular weight is 180 g/mol. The van der Waals surface area contributed by atoms with Crippen molar-refractivity contribution in [3.05, 3.63) is 35.6 Å². The maximum atomic E-state index is 12.5. The van der Waals surface area contributed by atoms with Crippen LogP contribution in [-0.2, 0) is 6.42 Å². The van der Waals surface area contributed by atoms with Gasteiger partial charge in [0.05, 0.1) is 5.84 Å². The summed E-state index contributed by atoms with van der Waals surface area (Å²) in [5, 5.41) is 0. The normalized spacial score (nSPS) is 11.7. The molecule has 0 aliphatic carbocycles. The number of hydrogen-bond acceptors (Lipinski definition) is 1. The first kappa shape index (κ1) is 9.71. The molecule has 3 heteroatoms. The summed E-state index contributed by atoms with van der Waals surface area (Å²) in [4.78, 5) is 4.04. The fourth-order valence-electron chi connectivity index (χ4n) is 1.07. The van der Waals surface area contributed by atoms with E-state index in [2.05, 4.69) is 4.99 Å². The minimum atomic E-state index is -0.227. The number of benzene rings is 1. The molecule has 13 heavy (non-hydrogen) atoms. The summed E-state index contributed by atoms with van der Waals surface area (Å²) < 4.78 is 12.5. The molecular weight excluding hydrogens is 167 g/mol. The predicted molar refractivity (Wildman–Crippen MR) is 52.3 cm³/mol. The largest absolute Gasteiger partial charge is 0.387 e. The van der Waals surface area contributed by atoms with Crippen molar-refractivity contribution in [2.75, 3.05) is 6.54 Å². The lowest BCUT2D eigenvalue weighted by atomic mass is 10.1. The highest BCUT2D eigenvalue weighted by Gasteiger charge is 1.96. The van der Waals surface area contributed by atoms with Crippen molar-refractivity contribution in [1.29, 1.82) is 0 Å². The van der Waals surface area contributed by atoms with Gasteiger partial charge in [0.2, 0.25) is 0 Å². The minimum absolute atomic E-state index is 0.227. The Labute approximate surface area is 77.3 Å². The third-order valence-electron chi connectivity index (χ3n) is 1.66. The Bertz CT molecular complexity index is 290. The van der Waals surface area contributed by atoms with E-state index in [1.165, 1.54) is 12.1 Å². The molecule has 70 valence electrons. The molecule has 0 saturated heterocycles. The van der Waals surface area contributed by atoms with Crippen molar-refractivity contribution in [3.63, 3.8) is 0 Å². The maximum absolute atomic E-state index is 12.5. The lowest BCUT2D eigenvalue weighted by Crippen LogP contribution is -2.15. The van der Waals surface area contributed by atoms with Crippen LogP contribution in [0.5, 0.6) is 0 Å². The van der Waals surface area contributed by atoms with E-state index in [1.54, 1.807) is 12.1 Å². The summed E-state index contributed by atoms with van der Waals surface area (Å²) in [5.74, 6) is 0.365. The van der Waals surface area contributed by atoms with Crippen LogP contribution in [0.1, 0.15) is 12.5 Å². The van der Waals surface area contributed by atoms with Crippen molar-refractivity contribution in [2.45, 2.75) is 13.3 Å². The van der Waals surface area contributed by atoms with Crippen molar-refractivity contribution >= 4 is 5.84 Å². The van der Waals surface area contributed by atoms with Gasteiger partial charge in [-0.15, -0.1) is 0 Å². The van der Waals surface area contributed by atoms with Crippen LogP contribution in [0.4, 0.5) is 4.39 Å². The fraction of sp³-hybridized carbons (Fsp3) is 0.300. The average Bonchev–Trinajstić information content (AvgIpc) is 2.09. The maximum Gasteiger partial charge on any atom is 0.123 e. The summed E-state index contributed by atoms with van der Waals surface area (Å²) in [6.45, 7) is 2.62. The summed E-state index contributed by atoms with van der Waals surface area (Å²) in [6, 6.07) is 6.28. The first-order valence-corrected chi connectivity index (χ1v) is 4.25. The Hall–Kier alpha value is -1.38. The van der Waals surface area contributed by atoms with E-state index in [9.17, 15) is 4.39 Å². The smallest absolute Gasteiger partial charge is 0.123 e. The van der Waals surface area contributed by atoms with E-state index in [0.717, 1.165) is 5.56 Å². The van der Waals surface area contributed by atoms with E-state index < -0.39 is 0 Å². The van der Waals surface area contributed by atoms with Gasteiger partial charge < -0.3 is 5.73 Å². The van der Waals surface area contributed by atoms with Crippen LogP contribution in [0.15, 0.2) is 29.3 Å². The Morgan fingerprint density at radius 1 is 1.38 bits per heavy atom. The van der Waals surface area contributed by atoms with Crippen LogP contribution in [0.3, 0.4) is 0 Å². The zero-order chi connectivity index (χ0) is 9.68. The van der Waals surface area contributed by atoms with Crippen LogP contribution >= 0.6 is 0 Å². The second kappa shape index (κ2) is 4.60. The van der Waals surface area contributed by atoms with Crippen molar-refractivity contribution in [2.24, 2.45) is 10.7 Å². The van der Waals surface area contributed by atoms with Gasteiger partial charge in [-0.3, -0.25) is 4.99 Å². The Morgan fingerprint density at radius 3 is 2.54 bits per heavy atom. The molecule has 0 aliphatic rings. The number of rotatable bonds is 3. The monoisotopic (exact) mass is 180 g/mol. The Balaban J connectivity index is 2.64. The number of hydrogen-bond donors (Lipinski definition) is 1. The van der Waals surface area contributed by atoms with Crippen molar-refractivity contribution < 1.29 is 4.39 Å². The molecule has 0 spiro atoms. The van der Waals surface area contributed by atoms with Gasteiger partial charge in [-0.2, -0.15) is 0 Å². The van der Waals surface area contributed by atoms with Gasteiger partial charge in [0, 0.05) is 13.0 Å². The van der Waals surface area contributed by atoms with E-state index in [-0.39, 0.29) is 5.82 Å². The Kier molecular flexibility index (Phi) is 3.43. The van der Waals surface area contributed by atoms with E-state index in [4.69, 9.17) is 5.73 Å². The number of amidine groups is 1. The van der Waals surface area contributed by atoms with Crippen molar-refractivity contribution in [1.82, 2.24) is 0 Å². The highest BCUT2D eigenvalue weighted by molar-refractivity contribution is 5.82. The molecule has 0 bridgehead atoms. The molecule has 0 fully saturated rings. The first-order chi connectivity index (χ1) is 6.22. The SMILES string of the molecule is CCN=C(N)Cc1ccc(F)cc1. The molecule has 0 atom stereocenters. The molecule has 1 rings (SSSR count). The van der Waals surface area contributed by atoms with Crippen LogP contribution in [0.2, 0.25) is 0 Å². The molecule has 2 N–H and O–H groups in total. The summed E-state index contributed by atoms with van der Waals surface area (Å²) in [7, 11) is 0. The lowest BCUT2D eigenvalue weighted by molar-refractivity contribution is 0.627. The molecule has 0 aromatic heterocycles. The zero-order valence-corrected chi connectivity index (χ0v) is 7.63. The zero-order valence-electron chi connectivity index (χ0n) is 7.63. The molecular formula is C10H13FN2. The molecule has 0 aliphatic heterocycles. The van der Waals surface area contributed by atoms with Gasteiger partial charge in [-0.25, -0.2) is 4.39 Å². The van der Waals surface area contributed by atoms with Crippen LogP contribution in [0, 0.1) is 5.82 Å². The van der Waals surface area contributed by atoms with Gasteiger partial charge in [0.1, 0.15) is 5.82 Å². The van der Waals surface area contributed by atoms with E-state index in [0.29, 0.717) is 18.8 Å². The second-order valence-corrected chi connectivity index (χ2v) is 2.77. The Morgan fingerprint density at radius 2 is 2.00 bits per heavy atom. The number of halogens is 1. The first-order valence-electron chi connectivity index (χ1n) is 4.25. The van der Waals surface area contributed by atoms with Crippen LogP contribution in [-0.4, -0.2) is 12.4 Å². The number of nitrogens with two attached hydrogens (primary N) is 1. The molecule has 0 saturated carbocycles. The van der Waals surface area contributed by atoms with Gasteiger partial charge in [-0.05, 0) is 24.6 Å². The van der Waals surface area contributed by atoms with E-state index >= 15 is 0 Å². The number of aliphatic imine (C=N–C) groups is 1. The molecule has 0 radical (unpaired) electrons. The molecule has 1 aromatic rings. The molecule has 1 aromatic carbocycles. The standard InChI is InChI=1S/C10H13FN2/c1-2-13-10(12)7-8-3-5-9(11)6-4-8/h3-6H,2,7H2,1H3,(H2,12,13). The minimum Gasteiger partial charge on any atom is -0.387 e. The second-order valence-electron chi connectivity index (χ2n) is 2.77. The fourth-order valence-corrected chi connectivity index (χ4v) is 1.07. The van der Waals surface area contributed by atoms with Crippen LogP contribution in [0.25, 0.3) is 0 Å². The highest BCUT2D eigenvalue weighted by atomic mass is 19.1. The predicted octanol–water partition coefficient (Wildman–Crippen LogP) is 1.75. The number of nitrogens with zero attached hydrogens (tertiary/aromatic N) is 1. The highest BCUT2D eigenvalue weighted by Crippen LogP contribution is 2.03. The lowest BCUT2D eigenvalue weighted by Gasteiger charge is -2.00. The quantitative estimate of drug-likeness (QED) is 0.558. The third-order valence-corrected chi connectivity index (χ3v) is 1.66. The summed E-state index contributed by atoms with van der Waals surface area (Å²) in [5.41, 5.74) is 6.59. The summed E-state index contributed by atoms with van der Waals surface area (Å²) in [6.07, 6.45) is 0.591. The molecule has 2 nitrogen and oxygen atoms in total. The van der Waals surface area contributed by atoms with Gasteiger partial charge in [0.25, 0.3) is 0 Å². The van der Waals surface area contributed by atoms with Gasteiger partial charge in [-0.1, -0.05) is 12.1 Å². The molecule has 0 amide bonds. The molecule has 0 heterocycles. The third kappa shape index (κ3) is 3.23. The van der Waals surface area contributed by atoms with Gasteiger partial charge in [0.15, 0.2) is 0 Å². The topological polar surface area (TPSA) is 38.4 Å².